The third-order valence-electron chi connectivity index (χ3n) is 8.21. The highest BCUT2D eigenvalue weighted by atomic mass is 16.3. The van der Waals surface area contributed by atoms with Gasteiger partial charge in [-0.05, 0) is 41.8 Å². The number of carbonyl (C=O) groups excluding carboxylic acids is 2. The quantitative estimate of drug-likeness (QED) is 0.317. The molecule has 9 heteroatoms. The first-order valence-electron chi connectivity index (χ1n) is 13.6. The zero-order valence-electron chi connectivity index (χ0n) is 22.5. The van der Waals surface area contributed by atoms with E-state index in [1.807, 2.05) is 36.4 Å². The molecular weight excluding hydrogens is 520 g/mol. The van der Waals surface area contributed by atoms with Gasteiger partial charge in [0, 0.05) is 35.5 Å². The molecule has 3 atom stereocenters. The average molecular weight is 551 g/mol. The number of amides is 2. The maximum atomic E-state index is 13.1. The Kier molecular flexibility index (Phi) is 6.76. The number of rotatable bonds is 6. The van der Waals surface area contributed by atoms with E-state index in [0.717, 1.165) is 16.5 Å². The molecule has 2 aliphatic heterocycles. The van der Waals surface area contributed by atoms with E-state index in [2.05, 4.69) is 10.4 Å². The maximum Gasteiger partial charge on any atom is 0.279 e. The van der Waals surface area contributed by atoms with Crippen molar-refractivity contribution in [2.75, 3.05) is 11.9 Å². The van der Waals surface area contributed by atoms with E-state index in [4.69, 9.17) is 0 Å². The average Bonchev–Trinajstić information content (AvgIpc) is 3.26. The van der Waals surface area contributed by atoms with Gasteiger partial charge in [-0.2, -0.15) is 9.78 Å². The van der Waals surface area contributed by atoms with Crippen molar-refractivity contribution >= 4 is 28.3 Å². The number of aliphatic hydroxyl groups excluding tert-OH is 1. The summed E-state index contributed by atoms with van der Waals surface area (Å²) < 4.78 is 1.25. The van der Waals surface area contributed by atoms with Crippen molar-refractivity contribution in [3.63, 3.8) is 0 Å². The molecule has 0 bridgehead atoms. The van der Waals surface area contributed by atoms with Crippen LogP contribution in [0.25, 0.3) is 16.5 Å². The number of nitrogens with zero attached hydrogens (tertiary/aromatic N) is 3. The van der Waals surface area contributed by atoms with Crippen LogP contribution in [0.3, 0.4) is 0 Å². The number of hydrogen-bond acceptors (Lipinski definition) is 6. The van der Waals surface area contributed by atoms with Gasteiger partial charge in [0.15, 0.2) is 5.60 Å². The van der Waals surface area contributed by atoms with Crippen molar-refractivity contribution in [1.29, 1.82) is 0 Å². The van der Waals surface area contributed by atoms with Crippen LogP contribution in [-0.2, 0) is 28.2 Å². The number of anilines is 1. The Balaban J connectivity index is 1.23. The van der Waals surface area contributed by atoms with E-state index in [1.165, 1.54) is 4.68 Å². The SMILES string of the molecule is C[C@H](/C=C/CC(=O)N1Cc2ccccc2C[C@H]1CO)[C@@]1(O)C(=O)Nc2ccc(-n3ncc4ccccc4c3=O)cc21. The lowest BCUT2D eigenvalue weighted by Crippen LogP contribution is -2.46. The Hall–Kier alpha value is -4.60. The molecule has 41 heavy (non-hydrogen) atoms. The van der Waals surface area contributed by atoms with Crippen LogP contribution in [0.1, 0.15) is 30.0 Å². The largest absolute Gasteiger partial charge is 0.394 e. The van der Waals surface area contributed by atoms with E-state index >= 15 is 0 Å². The Morgan fingerprint density at radius 2 is 1.88 bits per heavy atom. The second-order valence-electron chi connectivity index (χ2n) is 10.7. The van der Waals surface area contributed by atoms with Gasteiger partial charge in [0.05, 0.1) is 29.9 Å². The summed E-state index contributed by atoms with van der Waals surface area (Å²) in [7, 11) is 0. The fourth-order valence-corrected chi connectivity index (χ4v) is 5.83. The molecule has 3 aromatic carbocycles. The molecule has 2 amide bonds. The van der Waals surface area contributed by atoms with Gasteiger partial charge in [-0.1, -0.05) is 61.5 Å². The molecule has 9 nitrogen and oxygen atoms in total. The topological polar surface area (TPSA) is 125 Å². The van der Waals surface area contributed by atoms with Gasteiger partial charge in [-0.15, -0.1) is 0 Å². The van der Waals surface area contributed by atoms with Crippen molar-refractivity contribution in [2.45, 2.75) is 38.0 Å². The minimum atomic E-state index is -1.91. The van der Waals surface area contributed by atoms with Crippen molar-refractivity contribution in [2.24, 2.45) is 5.92 Å². The molecule has 0 saturated carbocycles. The monoisotopic (exact) mass is 550 g/mol. The number of hydrogen-bond donors (Lipinski definition) is 3. The van der Waals surface area contributed by atoms with E-state index in [1.54, 1.807) is 60.5 Å². The highest BCUT2D eigenvalue weighted by molar-refractivity contribution is 6.05. The van der Waals surface area contributed by atoms with Crippen molar-refractivity contribution in [1.82, 2.24) is 14.7 Å². The summed E-state index contributed by atoms with van der Waals surface area (Å²) in [6.45, 7) is 2.00. The molecule has 1 aromatic heterocycles. The molecule has 0 radical (unpaired) electrons. The molecule has 0 unspecified atom stereocenters. The van der Waals surface area contributed by atoms with Crippen LogP contribution in [0.4, 0.5) is 5.69 Å². The highest BCUT2D eigenvalue weighted by Gasteiger charge is 2.48. The first-order chi connectivity index (χ1) is 19.8. The Bertz CT molecular complexity index is 1760. The van der Waals surface area contributed by atoms with Gasteiger partial charge in [-0.25, -0.2) is 0 Å². The molecule has 0 fully saturated rings. The van der Waals surface area contributed by atoms with Crippen LogP contribution < -0.4 is 10.9 Å². The van der Waals surface area contributed by atoms with Crippen LogP contribution in [0.5, 0.6) is 0 Å². The summed E-state index contributed by atoms with van der Waals surface area (Å²) in [6.07, 6.45) is 5.57. The van der Waals surface area contributed by atoms with Gasteiger partial charge in [-0.3, -0.25) is 14.4 Å². The smallest absolute Gasteiger partial charge is 0.279 e. The fraction of sp³-hybridized carbons (Fsp3) is 0.250. The van der Waals surface area contributed by atoms with Gasteiger partial charge in [0.2, 0.25) is 5.91 Å². The number of carbonyl (C=O) groups is 2. The van der Waals surface area contributed by atoms with Crippen molar-refractivity contribution in [3.05, 3.63) is 112 Å². The molecule has 4 aromatic rings. The molecule has 2 aliphatic rings. The first kappa shape index (κ1) is 26.6. The molecule has 208 valence electrons. The Labute approximate surface area is 236 Å². The second-order valence-corrected chi connectivity index (χ2v) is 10.7. The van der Waals surface area contributed by atoms with Gasteiger partial charge in [0.1, 0.15) is 0 Å². The lowest BCUT2D eigenvalue weighted by molar-refractivity contribution is -0.137. The van der Waals surface area contributed by atoms with Gasteiger partial charge in [0.25, 0.3) is 11.5 Å². The van der Waals surface area contributed by atoms with E-state index in [0.29, 0.717) is 35.3 Å². The molecule has 0 saturated heterocycles. The summed E-state index contributed by atoms with van der Waals surface area (Å²) in [4.78, 5) is 41.0. The highest BCUT2D eigenvalue weighted by Crippen LogP contribution is 2.42. The number of aliphatic hydroxyl groups is 2. The zero-order chi connectivity index (χ0) is 28.7. The Morgan fingerprint density at radius 3 is 2.68 bits per heavy atom. The van der Waals surface area contributed by atoms with Crippen LogP contribution in [0.15, 0.2) is 89.9 Å². The third-order valence-corrected chi connectivity index (χ3v) is 8.21. The number of benzene rings is 3. The van der Waals surface area contributed by atoms with Crippen LogP contribution >= 0.6 is 0 Å². The molecular formula is C32H30N4O5. The fourth-order valence-electron chi connectivity index (χ4n) is 5.83. The van der Waals surface area contributed by atoms with Gasteiger partial charge >= 0.3 is 0 Å². The molecule has 6 rings (SSSR count). The summed E-state index contributed by atoms with van der Waals surface area (Å²) in [5, 5.41) is 29.9. The second kappa shape index (κ2) is 10.4. The summed E-state index contributed by atoms with van der Waals surface area (Å²) in [5.41, 5.74) is 1.17. The predicted molar refractivity (Wildman–Crippen MR) is 154 cm³/mol. The zero-order valence-corrected chi connectivity index (χ0v) is 22.5. The van der Waals surface area contributed by atoms with Crippen LogP contribution in [0.2, 0.25) is 0 Å². The third kappa shape index (κ3) is 4.53. The van der Waals surface area contributed by atoms with Crippen LogP contribution in [-0.4, -0.2) is 49.4 Å². The lowest BCUT2D eigenvalue weighted by atomic mass is 9.82. The van der Waals surface area contributed by atoms with E-state index in [9.17, 15) is 24.6 Å². The number of aromatic nitrogens is 2. The first-order valence-corrected chi connectivity index (χ1v) is 13.6. The van der Waals surface area contributed by atoms with E-state index < -0.39 is 17.4 Å². The summed E-state index contributed by atoms with van der Waals surface area (Å²) >= 11 is 0. The van der Waals surface area contributed by atoms with Gasteiger partial charge < -0.3 is 20.4 Å². The Morgan fingerprint density at radius 1 is 1.12 bits per heavy atom. The van der Waals surface area contributed by atoms with Crippen molar-refractivity contribution < 1.29 is 19.8 Å². The van der Waals surface area contributed by atoms with E-state index in [-0.39, 0.29) is 30.5 Å². The normalized spacial score (nSPS) is 20.6. The van der Waals surface area contributed by atoms with Crippen molar-refractivity contribution in [3.8, 4) is 5.69 Å². The van der Waals surface area contributed by atoms with Crippen LogP contribution in [0, 0.1) is 5.92 Å². The number of nitrogens with one attached hydrogen (secondary N) is 1. The standard InChI is InChI=1S/C32H30N4O5/c1-20(7-6-12-29(38)35-18-23-10-3-2-8-21(23)15-25(35)19-37)32(41)27-16-24(13-14-28(27)34-31(32)40)36-30(39)26-11-5-4-9-22(26)17-33-36/h2-11,13-14,16-17,20,25,37,41H,12,15,18-19H2,1H3,(H,34,40)/b7-6+/t20-,25+,32+/m1/s1. The maximum absolute atomic E-state index is 13.1. The lowest BCUT2D eigenvalue weighted by Gasteiger charge is -2.36. The molecule has 0 aliphatic carbocycles. The minimum Gasteiger partial charge on any atom is -0.394 e. The summed E-state index contributed by atoms with van der Waals surface area (Å²) in [5.74, 6) is -1.42. The number of fused-ring (bicyclic) bond motifs is 3. The molecule has 3 N–H and O–H groups in total. The minimum absolute atomic E-state index is 0.0595. The predicted octanol–water partition coefficient (Wildman–Crippen LogP) is 3.05. The molecule has 3 heterocycles. The molecule has 0 spiro atoms. The summed E-state index contributed by atoms with van der Waals surface area (Å²) in [6, 6.07) is 19.7.